The molecule has 1 aromatic carbocycles. The van der Waals surface area contributed by atoms with E-state index in [2.05, 4.69) is 16.9 Å². The molecule has 3 rings (SSSR count). The van der Waals surface area contributed by atoms with Gasteiger partial charge in [-0.15, -0.1) is 0 Å². The lowest BCUT2D eigenvalue weighted by Crippen LogP contribution is -2.60. The Morgan fingerprint density at radius 3 is 2.46 bits per heavy atom. The van der Waals surface area contributed by atoms with Gasteiger partial charge < -0.3 is 19.8 Å². The van der Waals surface area contributed by atoms with Crippen molar-refractivity contribution >= 4 is 22.8 Å². The van der Waals surface area contributed by atoms with E-state index in [0.29, 0.717) is 36.1 Å². The van der Waals surface area contributed by atoms with E-state index in [0.717, 1.165) is 12.8 Å². The highest BCUT2D eigenvalue weighted by molar-refractivity contribution is 5.97. The summed E-state index contributed by atoms with van der Waals surface area (Å²) in [7, 11) is 0. The molecule has 26 heavy (non-hydrogen) atoms. The first-order chi connectivity index (χ1) is 12.4. The van der Waals surface area contributed by atoms with Crippen molar-refractivity contribution in [2.24, 2.45) is 0 Å². The van der Waals surface area contributed by atoms with Crippen LogP contribution in [0.5, 0.6) is 0 Å². The minimum Gasteiger partial charge on any atom is -0.336 e. The average Bonchev–Trinajstić information content (AvgIpc) is 3.00. The Kier molecular flexibility index (Phi) is 5.15. The van der Waals surface area contributed by atoms with Crippen LogP contribution in [-0.2, 0) is 4.79 Å². The summed E-state index contributed by atoms with van der Waals surface area (Å²) >= 11 is 0. The number of carbonyl (C=O) groups excluding carboxylic acids is 2. The van der Waals surface area contributed by atoms with E-state index < -0.39 is 0 Å². The van der Waals surface area contributed by atoms with Gasteiger partial charge in [0, 0.05) is 37.2 Å². The lowest BCUT2D eigenvalue weighted by molar-refractivity contribution is -0.136. The molecular formula is C19H26N4O3. The van der Waals surface area contributed by atoms with Crippen molar-refractivity contribution < 1.29 is 9.59 Å². The molecule has 1 aliphatic rings. The van der Waals surface area contributed by atoms with Crippen LogP contribution in [0.25, 0.3) is 11.0 Å². The number of aromatic nitrogens is 2. The van der Waals surface area contributed by atoms with Crippen LogP contribution in [0.3, 0.4) is 0 Å². The number of imidazole rings is 1. The number of H-pyrrole nitrogens is 2. The number of nitrogens with one attached hydrogen (secondary N) is 2. The Morgan fingerprint density at radius 1 is 1.08 bits per heavy atom. The first kappa shape index (κ1) is 18.2. The first-order valence-corrected chi connectivity index (χ1v) is 9.25. The molecule has 1 aromatic heterocycles. The van der Waals surface area contributed by atoms with Gasteiger partial charge >= 0.3 is 5.69 Å². The molecule has 2 heterocycles. The summed E-state index contributed by atoms with van der Waals surface area (Å²) in [4.78, 5) is 45.8. The van der Waals surface area contributed by atoms with Gasteiger partial charge in [0.25, 0.3) is 5.91 Å². The number of benzene rings is 1. The maximum absolute atomic E-state index is 13.0. The summed E-state index contributed by atoms with van der Waals surface area (Å²) in [6.07, 6.45) is 2.46. The van der Waals surface area contributed by atoms with Crippen molar-refractivity contribution in [2.45, 2.75) is 52.1 Å². The van der Waals surface area contributed by atoms with E-state index in [1.165, 1.54) is 0 Å². The van der Waals surface area contributed by atoms with Crippen LogP contribution in [0, 0.1) is 0 Å². The van der Waals surface area contributed by atoms with Crippen molar-refractivity contribution in [2.75, 3.05) is 13.1 Å². The van der Waals surface area contributed by atoms with Crippen LogP contribution in [-0.4, -0.2) is 56.8 Å². The summed E-state index contributed by atoms with van der Waals surface area (Å²) in [6.45, 7) is 7.14. The summed E-state index contributed by atoms with van der Waals surface area (Å²) in [5.74, 6) is 0.0959. The molecule has 0 saturated carbocycles. The molecule has 2 aromatic rings. The third-order valence-corrected chi connectivity index (χ3v) is 5.35. The summed E-state index contributed by atoms with van der Waals surface area (Å²) < 4.78 is 0. The highest BCUT2D eigenvalue weighted by atomic mass is 16.2. The number of hydrogen-bond donors (Lipinski definition) is 2. The fraction of sp³-hybridized carbons (Fsp3) is 0.526. The summed E-state index contributed by atoms with van der Waals surface area (Å²) in [5.41, 5.74) is 1.55. The molecule has 2 atom stereocenters. The minimum atomic E-state index is -0.286. The number of nitrogens with zero attached hydrogens (tertiary/aromatic N) is 2. The maximum atomic E-state index is 13.0. The van der Waals surface area contributed by atoms with Gasteiger partial charge in [0.1, 0.15) is 0 Å². The Hall–Kier alpha value is -2.57. The topological polar surface area (TPSA) is 89.3 Å². The lowest BCUT2D eigenvalue weighted by Gasteiger charge is -2.45. The predicted molar refractivity (Wildman–Crippen MR) is 100 cm³/mol. The number of aromatic amines is 2. The van der Waals surface area contributed by atoms with Gasteiger partial charge in [-0.25, -0.2) is 4.79 Å². The van der Waals surface area contributed by atoms with Gasteiger partial charge in [-0.1, -0.05) is 13.3 Å². The fourth-order valence-electron chi connectivity index (χ4n) is 3.58. The molecule has 0 bridgehead atoms. The van der Waals surface area contributed by atoms with Gasteiger partial charge in [0.2, 0.25) is 5.91 Å². The molecular weight excluding hydrogens is 332 g/mol. The molecule has 2 amide bonds. The van der Waals surface area contributed by atoms with E-state index in [-0.39, 0.29) is 29.6 Å². The molecule has 0 aliphatic carbocycles. The molecule has 1 saturated heterocycles. The van der Waals surface area contributed by atoms with Crippen molar-refractivity contribution in [1.29, 1.82) is 0 Å². The zero-order valence-corrected chi connectivity index (χ0v) is 15.5. The average molecular weight is 358 g/mol. The van der Waals surface area contributed by atoms with E-state index in [4.69, 9.17) is 0 Å². The molecule has 7 nitrogen and oxygen atoms in total. The second-order valence-corrected chi connectivity index (χ2v) is 7.01. The smallest absolute Gasteiger partial charge is 0.323 e. The van der Waals surface area contributed by atoms with Gasteiger partial charge in [-0.2, -0.15) is 0 Å². The Labute approximate surface area is 152 Å². The van der Waals surface area contributed by atoms with Gasteiger partial charge in [-0.05, 0) is 38.5 Å². The Balaban J connectivity index is 1.75. The van der Waals surface area contributed by atoms with Crippen molar-refractivity contribution in [3.63, 3.8) is 0 Å². The van der Waals surface area contributed by atoms with Crippen LogP contribution >= 0.6 is 0 Å². The monoisotopic (exact) mass is 358 g/mol. The number of carbonyl (C=O) groups is 2. The number of hydrogen-bond acceptors (Lipinski definition) is 3. The predicted octanol–water partition coefficient (Wildman–Crippen LogP) is 2.11. The van der Waals surface area contributed by atoms with Gasteiger partial charge in [0.05, 0.1) is 11.0 Å². The maximum Gasteiger partial charge on any atom is 0.323 e. The lowest BCUT2D eigenvalue weighted by atomic mass is 10.0. The SMILES string of the molecule is CCCCC(=O)N1CCN(C(=O)c2ccc3[nH]c(=O)[nH]c3c2)[C@@H](C)[C@H]1C. The molecule has 1 aliphatic heterocycles. The van der Waals surface area contributed by atoms with Crippen LogP contribution < -0.4 is 5.69 Å². The minimum absolute atomic E-state index is 0.0205. The number of fused-ring (bicyclic) bond motifs is 1. The number of amides is 2. The van der Waals surface area contributed by atoms with Crippen molar-refractivity contribution in [3.8, 4) is 0 Å². The third kappa shape index (κ3) is 3.38. The molecule has 0 unspecified atom stereocenters. The largest absolute Gasteiger partial charge is 0.336 e. The zero-order chi connectivity index (χ0) is 18.8. The van der Waals surface area contributed by atoms with Crippen molar-refractivity contribution in [1.82, 2.24) is 19.8 Å². The van der Waals surface area contributed by atoms with Crippen LogP contribution in [0.4, 0.5) is 0 Å². The second kappa shape index (κ2) is 7.35. The van der Waals surface area contributed by atoms with Crippen LogP contribution in [0.2, 0.25) is 0 Å². The summed E-state index contributed by atoms with van der Waals surface area (Å²) in [6, 6.07) is 5.07. The molecule has 1 fully saturated rings. The third-order valence-electron chi connectivity index (χ3n) is 5.35. The highest BCUT2D eigenvalue weighted by Crippen LogP contribution is 2.22. The molecule has 0 spiro atoms. The van der Waals surface area contributed by atoms with E-state index in [9.17, 15) is 14.4 Å². The fourth-order valence-corrected chi connectivity index (χ4v) is 3.58. The van der Waals surface area contributed by atoms with E-state index >= 15 is 0 Å². The van der Waals surface area contributed by atoms with Crippen LogP contribution in [0.15, 0.2) is 23.0 Å². The number of rotatable bonds is 4. The van der Waals surface area contributed by atoms with E-state index in [1.807, 2.05) is 23.6 Å². The standard InChI is InChI=1S/C19H26N4O3/c1-4-5-6-17(24)22-9-10-23(13(3)12(22)2)18(25)14-7-8-15-16(11-14)21-19(26)20-15/h7-8,11-13H,4-6,9-10H2,1-3H3,(H2,20,21,26)/t12-,13+/m1/s1. The van der Waals surface area contributed by atoms with Crippen LogP contribution in [0.1, 0.15) is 50.4 Å². The normalized spacial score (nSPS) is 20.6. The van der Waals surface area contributed by atoms with Gasteiger partial charge in [0.15, 0.2) is 0 Å². The molecule has 7 heteroatoms. The Morgan fingerprint density at radius 2 is 1.73 bits per heavy atom. The molecule has 140 valence electrons. The zero-order valence-electron chi connectivity index (χ0n) is 15.5. The number of piperazine rings is 1. The van der Waals surface area contributed by atoms with E-state index in [1.54, 1.807) is 18.2 Å². The Bertz CT molecular complexity index is 869. The second-order valence-electron chi connectivity index (χ2n) is 7.01. The summed E-state index contributed by atoms with van der Waals surface area (Å²) in [5, 5.41) is 0. The number of unbranched alkanes of at least 4 members (excludes halogenated alkanes) is 1. The molecule has 2 N–H and O–H groups in total. The first-order valence-electron chi connectivity index (χ1n) is 9.25. The van der Waals surface area contributed by atoms with Crippen molar-refractivity contribution in [3.05, 3.63) is 34.2 Å². The quantitative estimate of drug-likeness (QED) is 0.877. The highest BCUT2D eigenvalue weighted by Gasteiger charge is 2.35. The molecule has 0 radical (unpaired) electrons. The van der Waals surface area contributed by atoms with Gasteiger partial charge in [-0.3, -0.25) is 9.59 Å².